The van der Waals surface area contributed by atoms with Crippen LogP contribution in [0.4, 0.5) is 5.69 Å². The number of rotatable bonds is 4. The van der Waals surface area contributed by atoms with Gasteiger partial charge in [0.15, 0.2) is 0 Å². The average Bonchev–Trinajstić information content (AvgIpc) is 3.15. The molecule has 4 heteroatoms. The van der Waals surface area contributed by atoms with Gasteiger partial charge in [0.05, 0.1) is 5.69 Å². The maximum atomic E-state index is 10.4. The molecule has 1 aromatic rings. The van der Waals surface area contributed by atoms with E-state index in [1.54, 1.807) is 0 Å². The lowest BCUT2D eigenvalue weighted by Crippen LogP contribution is -2.21. The van der Waals surface area contributed by atoms with E-state index in [9.17, 15) is 5.11 Å². The first-order valence-electron chi connectivity index (χ1n) is 8.19. The van der Waals surface area contributed by atoms with Crippen LogP contribution in [-0.4, -0.2) is 41.1 Å². The van der Waals surface area contributed by atoms with Crippen molar-refractivity contribution in [2.75, 3.05) is 31.9 Å². The Bertz CT molecular complexity index is 461. The normalized spacial score (nSPS) is 20.4. The third kappa shape index (κ3) is 3.16. The van der Waals surface area contributed by atoms with Gasteiger partial charge in [-0.1, -0.05) is 0 Å². The van der Waals surface area contributed by atoms with E-state index in [1.165, 1.54) is 44.3 Å². The molecular formula is C17H27N3O. The number of benzene rings is 1. The van der Waals surface area contributed by atoms with Crippen LogP contribution < -0.4 is 5.73 Å². The van der Waals surface area contributed by atoms with Gasteiger partial charge in [-0.3, -0.25) is 9.80 Å². The molecule has 0 radical (unpaired) electrons. The summed E-state index contributed by atoms with van der Waals surface area (Å²) < 4.78 is 0. The minimum absolute atomic E-state index is 0.296. The van der Waals surface area contributed by atoms with Gasteiger partial charge in [-0.25, -0.2) is 0 Å². The van der Waals surface area contributed by atoms with E-state index in [0.29, 0.717) is 11.4 Å². The molecule has 21 heavy (non-hydrogen) atoms. The third-order valence-corrected chi connectivity index (χ3v) is 4.98. The first-order valence-corrected chi connectivity index (χ1v) is 8.19. The first-order chi connectivity index (χ1) is 10.1. The van der Waals surface area contributed by atoms with Crippen LogP contribution in [0.5, 0.6) is 5.75 Å². The number of hydrogen-bond acceptors (Lipinski definition) is 4. The predicted molar refractivity (Wildman–Crippen MR) is 86.3 cm³/mol. The lowest BCUT2D eigenvalue weighted by atomic mass is 10.0. The van der Waals surface area contributed by atoms with Gasteiger partial charge in [-0.15, -0.1) is 0 Å². The van der Waals surface area contributed by atoms with Crippen molar-refractivity contribution in [3.63, 3.8) is 0 Å². The fourth-order valence-corrected chi connectivity index (χ4v) is 3.56. The van der Waals surface area contributed by atoms with E-state index in [-0.39, 0.29) is 0 Å². The molecule has 0 amide bonds. The van der Waals surface area contributed by atoms with Crippen molar-refractivity contribution >= 4 is 5.69 Å². The standard InChI is InChI=1S/C17H27N3O/c1-13-14(11-19-6-2-3-7-19)10-15(17(21)16(13)18)12-20-8-4-5-9-20/h10,21H,2-9,11-12,18H2,1H3. The molecule has 0 unspecified atom stereocenters. The van der Waals surface area contributed by atoms with Gasteiger partial charge in [0.25, 0.3) is 0 Å². The highest BCUT2D eigenvalue weighted by Crippen LogP contribution is 2.33. The zero-order valence-corrected chi connectivity index (χ0v) is 13.1. The monoisotopic (exact) mass is 289 g/mol. The van der Waals surface area contributed by atoms with E-state index < -0.39 is 0 Å². The average molecular weight is 289 g/mol. The lowest BCUT2D eigenvalue weighted by Gasteiger charge is -2.22. The molecule has 2 aliphatic heterocycles. The SMILES string of the molecule is Cc1c(CN2CCCC2)cc(CN2CCCC2)c(O)c1N. The van der Waals surface area contributed by atoms with E-state index in [1.807, 2.05) is 6.92 Å². The maximum Gasteiger partial charge on any atom is 0.143 e. The van der Waals surface area contributed by atoms with Gasteiger partial charge in [-0.05, 0) is 76.0 Å². The second-order valence-corrected chi connectivity index (χ2v) is 6.55. The van der Waals surface area contributed by atoms with Crippen molar-refractivity contribution < 1.29 is 5.11 Å². The van der Waals surface area contributed by atoms with Crippen LogP contribution in [0.1, 0.15) is 42.4 Å². The Kier molecular flexibility index (Phi) is 4.36. The highest BCUT2D eigenvalue weighted by Gasteiger charge is 2.19. The number of nitrogen functional groups attached to an aromatic ring is 1. The number of hydrogen-bond donors (Lipinski definition) is 2. The molecule has 0 spiro atoms. The number of aromatic hydroxyl groups is 1. The molecule has 0 aromatic heterocycles. The zero-order chi connectivity index (χ0) is 14.8. The maximum absolute atomic E-state index is 10.4. The third-order valence-electron chi connectivity index (χ3n) is 4.98. The van der Waals surface area contributed by atoms with Gasteiger partial charge in [-0.2, -0.15) is 0 Å². The summed E-state index contributed by atoms with van der Waals surface area (Å²) in [6.07, 6.45) is 5.13. The highest BCUT2D eigenvalue weighted by atomic mass is 16.3. The van der Waals surface area contributed by atoms with E-state index in [2.05, 4.69) is 15.9 Å². The summed E-state index contributed by atoms with van der Waals surface area (Å²) in [5, 5.41) is 10.4. The number of nitrogens with two attached hydrogens (primary N) is 1. The van der Waals surface area contributed by atoms with Gasteiger partial charge < -0.3 is 10.8 Å². The summed E-state index contributed by atoms with van der Waals surface area (Å²) in [4.78, 5) is 4.89. The molecule has 4 nitrogen and oxygen atoms in total. The quantitative estimate of drug-likeness (QED) is 0.660. The molecule has 2 saturated heterocycles. The minimum Gasteiger partial charge on any atom is -0.505 e. The second-order valence-electron chi connectivity index (χ2n) is 6.55. The summed E-state index contributed by atoms with van der Waals surface area (Å²) >= 11 is 0. The summed E-state index contributed by atoms with van der Waals surface area (Å²) in [5.74, 6) is 0.296. The van der Waals surface area contributed by atoms with Crippen LogP contribution >= 0.6 is 0 Å². The molecule has 1 aromatic carbocycles. The fraction of sp³-hybridized carbons (Fsp3) is 0.647. The Morgan fingerprint density at radius 2 is 1.43 bits per heavy atom. The van der Waals surface area contributed by atoms with E-state index >= 15 is 0 Å². The minimum atomic E-state index is 0.296. The Balaban J connectivity index is 1.82. The number of phenols is 1. The van der Waals surface area contributed by atoms with Crippen LogP contribution in [0.2, 0.25) is 0 Å². The molecule has 0 atom stereocenters. The molecule has 2 fully saturated rings. The van der Waals surface area contributed by atoms with Crippen LogP contribution in [0, 0.1) is 6.92 Å². The van der Waals surface area contributed by atoms with Gasteiger partial charge >= 0.3 is 0 Å². The Labute approximate surface area is 127 Å². The lowest BCUT2D eigenvalue weighted by molar-refractivity contribution is 0.320. The molecule has 3 rings (SSSR count). The van der Waals surface area contributed by atoms with Gasteiger partial charge in [0.2, 0.25) is 0 Å². The highest BCUT2D eigenvalue weighted by molar-refractivity contribution is 5.63. The Morgan fingerprint density at radius 3 is 1.95 bits per heavy atom. The van der Waals surface area contributed by atoms with Crippen molar-refractivity contribution in [3.05, 3.63) is 22.8 Å². The molecule has 0 aliphatic carbocycles. The van der Waals surface area contributed by atoms with Crippen molar-refractivity contribution in [1.29, 1.82) is 0 Å². The number of anilines is 1. The Hall–Kier alpha value is -1.26. The molecule has 2 heterocycles. The van der Waals surface area contributed by atoms with Crippen LogP contribution in [0.15, 0.2) is 6.07 Å². The van der Waals surface area contributed by atoms with Crippen molar-refractivity contribution in [2.45, 2.75) is 45.7 Å². The van der Waals surface area contributed by atoms with Crippen molar-refractivity contribution in [3.8, 4) is 5.75 Å². The number of phenolic OH excluding ortho intramolecular Hbond substituents is 1. The van der Waals surface area contributed by atoms with Crippen molar-refractivity contribution in [2.24, 2.45) is 0 Å². The van der Waals surface area contributed by atoms with Gasteiger partial charge in [0, 0.05) is 18.7 Å². The van der Waals surface area contributed by atoms with Crippen molar-refractivity contribution in [1.82, 2.24) is 9.80 Å². The zero-order valence-electron chi connectivity index (χ0n) is 13.1. The number of nitrogens with zero attached hydrogens (tertiary/aromatic N) is 2. The molecule has 3 N–H and O–H groups in total. The summed E-state index contributed by atoms with van der Waals surface area (Å²) in [5.41, 5.74) is 10.0. The van der Waals surface area contributed by atoms with Gasteiger partial charge in [0.1, 0.15) is 5.75 Å². The Morgan fingerprint density at radius 1 is 0.952 bits per heavy atom. The topological polar surface area (TPSA) is 52.7 Å². The first kappa shape index (κ1) is 14.7. The summed E-state index contributed by atoms with van der Waals surface area (Å²) in [6.45, 7) is 8.44. The van der Waals surface area contributed by atoms with E-state index in [0.717, 1.165) is 37.3 Å². The van der Waals surface area contributed by atoms with Crippen LogP contribution in [0.3, 0.4) is 0 Å². The predicted octanol–water partition coefficient (Wildman–Crippen LogP) is 2.47. The van der Waals surface area contributed by atoms with Crippen LogP contribution in [0.25, 0.3) is 0 Å². The largest absolute Gasteiger partial charge is 0.505 e. The summed E-state index contributed by atoms with van der Waals surface area (Å²) in [6, 6.07) is 2.18. The summed E-state index contributed by atoms with van der Waals surface area (Å²) in [7, 11) is 0. The molecule has 116 valence electrons. The molecule has 0 saturated carbocycles. The number of likely N-dealkylation sites (tertiary alicyclic amines) is 2. The van der Waals surface area contributed by atoms with E-state index in [4.69, 9.17) is 5.73 Å². The molecule has 0 bridgehead atoms. The fourth-order valence-electron chi connectivity index (χ4n) is 3.56. The smallest absolute Gasteiger partial charge is 0.143 e. The molecule has 2 aliphatic rings. The molecular weight excluding hydrogens is 262 g/mol. The van der Waals surface area contributed by atoms with Crippen LogP contribution in [-0.2, 0) is 13.1 Å². The second kappa shape index (κ2) is 6.24.